The summed E-state index contributed by atoms with van der Waals surface area (Å²) >= 11 is 9.63. The number of anilines is 1. The van der Waals surface area contributed by atoms with Crippen molar-refractivity contribution in [2.45, 2.75) is 13.5 Å². The molecule has 1 heterocycles. The molecule has 0 aliphatic carbocycles. The molecule has 0 fully saturated rings. The highest BCUT2D eigenvalue weighted by atomic mass is 79.9. The number of benzene rings is 2. The number of halogens is 2. The van der Waals surface area contributed by atoms with Crippen molar-refractivity contribution in [2.75, 3.05) is 5.32 Å². The van der Waals surface area contributed by atoms with Gasteiger partial charge in [0.2, 0.25) is 0 Å². The van der Waals surface area contributed by atoms with Crippen LogP contribution < -0.4 is 5.32 Å². The van der Waals surface area contributed by atoms with E-state index < -0.39 is 0 Å². The first-order valence-corrected chi connectivity index (χ1v) is 7.85. The van der Waals surface area contributed by atoms with Gasteiger partial charge in [-0.15, -0.1) is 0 Å². The lowest BCUT2D eigenvalue weighted by molar-refractivity contribution is 1.13. The molecule has 21 heavy (non-hydrogen) atoms. The second kappa shape index (κ2) is 6.04. The van der Waals surface area contributed by atoms with Crippen LogP contribution in [-0.4, -0.2) is 4.98 Å². The number of rotatable bonds is 3. The van der Waals surface area contributed by atoms with E-state index in [2.05, 4.69) is 38.4 Å². The van der Waals surface area contributed by atoms with Crippen LogP contribution in [0.25, 0.3) is 10.9 Å². The number of nitrogens with zero attached hydrogens (tertiary/aromatic N) is 1. The van der Waals surface area contributed by atoms with E-state index in [0.29, 0.717) is 5.02 Å². The minimum atomic E-state index is 0.704. The van der Waals surface area contributed by atoms with Crippen molar-refractivity contribution in [3.63, 3.8) is 0 Å². The number of fused-ring (bicyclic) bond motifs is 1. The molecule has 106 valence electrons. The van der Waals surface area contributed by atoms with Gasteiger partial charge in [-0.1, -0.05) is 35.9 Å². The molecule has 0 aliphatic rings. The molecule has 0 saturated heterocycles. The minimum absolute atomic E-state index is 0.704. The van der Waals surface area contributed by atoms with E-state index in [1.165, 1.54) is 10.9 Å². The normalized spacial score (nSPS) is 10.8. The van der Waals surface area contributed by atoms with E-state index in [0.717, 1.165) is 27.9 Å². The topological polar surface area (TPSA) is 24.9 Å². The zero-order chi connectivity index (χ0) is 14.8. The number of aryl methyl sites for hydroxylation is 1. The number of hydrogen-bond donors (Lipinski definition) is 1. The SMILES string of the molecule is Cc1cc(CNc2cccc(Cl)c2Br)c2ccccc2n1. The summed E-state index contributed by atoms with van der Waals surface area (Å²) in [6.07, 6.45) is 0. The molecule has 0 aliphatic heterocycles. The van der Waals surface area contributed by atoms with Gasteiger partial charge in [-0.3, -0.25) is 4.98 Å². The van der Waals surface area contributed by atoms with Gasteiger partial charge in [-0.05, 0) is 52.7 Å². The van der Waals surface area contributed by atoms with Crippen molar-refractivity contribution in [1.29, 1.82) is 0 Å². The Morgan fingerprint density at radius 3 is 2.81 bits per heavy atom. The Labute approximate surface area is 137 Å². The van der Waals surface area contributed by atoms with Gasteiger partial charge in [0.05, 0.1) is 20.7 Å². The average Bonchev–Trinajstić information content (AvgIpc) is 2.48. The van der Waals surface area contributed by atoms with Gasteiger partial charge in [-0.25, -0.2) is 0 Å². The highest BCUT2D eigenvalue weighted by Crippen LogP contribution is 2.30. The zero-order valence-corrected chi connectivity index (χ0v) is 13.9. The van der Waals surface area contributed by atoms with Crippen LogP contribution in [0.2, 0.25) is 5.02 Å². The summed E-state index contributed by atoms with van der Waals surface area (Å²) in [6.45, 7) is 2.74. The van der Waals surface area contributed by atoms with Crippen LogP contribution in [0.3, 0.4) is 0 Å². The average molecular weight is 362 g/mol. The molecule has 1 aromatic heterocycles. The summed E-state index contributed by atoms with van der Waals surface area (Å²) in [5.41, 5.74) is 4.26. The van der Waals surface area contributed by atoms with E-state index in [1.54, 1.807) is 0 Å². The second-order valence-electron chi connectivity index (χ2n) is 4.89. The summed E-state index contributed by atoms with van der Waals surface area (Å²) < 4.78 is 0.891. The van der Waals surface area contributed by atoms with E-state index in [-0.39, 0.29) is 0 Å². The molecule has 0 spiro atoms. The molecule has 2 nitrogen and oxygen atoms in total. The summed E-state index contributed by atoms with van der Waals surface area (Å²) in [6, 6.07) is 16.1. The molecule has 3 rings (SSSR count). The summed E-state index contributed by atoms with van der Waals surface area (Å²) in [7, 11) is 0. The lowest BCUT2D eigenvalue weighted by Gasteiger charge is -2.12. The van der Waals surface area contributed by atoms with E-state index in [9.17, 15) is 0 Å². The molecular weight excluding hydrogens is 348 g/mol. The second-order valence-corrected chi connectivity index (χ2v) is 6.10. The first kappa shape index (κ1) is 14.4. The van der Waals surface area contributed by atoms with Gasteiger partial charge < -0.3 is 5.32 Å². The van der Waals surface area contributed by atoms with Crippen LogP contribution in [0.15, 0.2) is 53.0 Å². The Bertz CT molecular complexity index is 802. The standard InChI is InChI=1S/C17H14BrClN2/c1-11-9-12(13-5-2-3-7-15(13)21-11)10-20-16-8-4-6-14(19)17(16)18/h2-9,20H,10H2,1H3. The third kappa shape index (κ3) is 3.04. The van der Waals surface area contributed by atoms with Gasteiger partial charge in [0.25, 0.3) is 0 Å². The number of hydrogen-bond acceptors (Lipinski definition) is 2. The van der Waals surface area contributed by atoms with Crippen LogP contribution >= 0.6 is 27.5 Å². The fourth-order valence-corrected chi connectivity index (χ4v) is 2.95. The quantitative estimate of drug-likeness (QED) is 0.659. The molecule has 0 unspecified atom stereocenters. The maximum absolute atomic E-state index is 6.12. The maximum Gasteiger partial charge on any atom is 0.0708 e. The van der Waals surface area contributed by atoms with Crippen LogP contribution in [-0.2, 0) is 6.54 Å². The Balaban J connectivity index is 1.93. The predicted octanol–water partition coefficient (Wildman–Crippen LogP) is 5.57. The largest absolute Gasteiger partial charge is 0.380 e. The van der Waals surface area contributed by atoms with E-state index in [4.69, 9.17) is 11.6 Å². The lowest BCUT2D eigenvalue weighted by Crippen LogP contribution is -2.02. The molecule has 1 N–H and O–H groups in total. The van der Waals surface area contributed by atoms with Crippen molar-refractivity contribution in [3.8, 4) is 0 Å². The van der Waals surface area contributed by atoms with Gasteiger partial charge in [0, 0.05) is 17.6 Å². The van der Waals surface area contributed by atoms with E-state index in [1.807, 2.05) is 43.3 Å². The fourth-order valence-electron chi connectivity index (χ4n) is 2.37. The molecule has 2 aromatic carbocycles. The van der Waals surface area contributed by atoms with Crippen LogP contribution in [0.5, 0.6) is 0 Å². The van der Waals surface area contributed by atoms with Crippen LogP contribution in [0.1, 0.15) is 11.3 Å². The van der Waals surface area contributed by atoms with Gasteiger partial charge in [-0.2, -0.15) is 0 Å². The summed E-state index contributed by atoms with van der Waals surface area (Å²) in [5.74, 6) is 0. The van der Waals surface area contributed by atoms with Crippen LogP contribution in [0, 0.1) is 6.92 Å². The molecule has 0 radical (unpaired) electrons. The van der Waals surface area contributed by atoms with Crippen LogP contribution in [0.4, 0.5) is 5.69 Å². The first-order valence-electron chi connectivity index (χ1n) is 6.68. The maximum atomic E-state index is 6.12. The number of pyridine rings is 1. The number of nitrogens with one attached hydrogen (secondary N) is 1. The molecule has 0 saturated carbocycles. The lowest BCUT2D eigenvalue weighted by atomic mass is 10.1. The Morgan fingerprint density at radius 2 is 1.95 bits per heavy atom. The van der Waals surface area contributed by atoms with E-state index >= 15 is 0 Å². The monoisotopic (exact) mass is 360 g/mol. The van der Waals surface area contributed by atoms with Crippen molar-refractivity contribution >= 4 is 44.1 Å². The van der Waals surface area contributed by atoms with Gasteiger partial charge in [0.1, 0.15) is 0 Å². The summed E-state index contributed by atoms with van der Waals surface area (Å²) in [4.78, 5) is 4.56. The van der Waals surface area contributed by atoms with Crippen molar-refractivity contribution in [1.82, 2.24) is 4.98 Å². The molecule has 0 atom stereocenters. The smallest absolute Gasteiger partial charge is 0.0708 e. The Hall–Kier alpha value is -1.58. The Morgan fingerprint density at radius 1 is 1.14 bits per heavy atom. The van der Waals surface area contributed by atoms with Gasteiger partial charge in [0.15, 0.2) is 0 Å². The Kier molecular flexibility index (Phi) is 4.13. The molecular formula is C17H14BrClN2. The molecule has 4 heteroatoms. The first-order chi connectivity index (χ1) is 10.1. The van der Waals surface area contributed by atoms with Crippen molar-refractivity contribution in [3.05, 3.63) is 69.3 Å². The van der Waals surface area contributed by atoms with Crippen molar-refractivity contribution < 1.29 is 0 Å². The third-order valence-corrected chi connectivity index (χ3v) is 4.75. The zero-order valence-electron chi connectivity index (χ0n) is 11.5. The third-order valence-electron chi connectivity index (χ3n) is 3.35. The summed E-state index contributed by atoms with van der Waals surface area (Å²) in [5, 5.41) is 5.31. The number of para-hydroxylation sites is 1. The fraction of sp³-hybridized carbons (Fsp3) is 0.118. The molecule has 0 bridgehead atoms. The van der Waals surface area contributed by atoms with Gasteiger partial charge >= 0.3 is 0 Å². The number of aromatic nitrogens is 1. The highest BCUT2D eigenvalue weighted by molar-refractivity contribution is 9.10. The highest BCUT2D eigenvalue weighted by Gasteiger charge is 2.06. The molecule has 3 aromatic rings. The predicted molar refractivity (Wildman–Crippen MR) is 93.0 cm³/mol. The molecule has 0 amide bonds. The minimum Gasteiger partial charge on any atom is -0.380 e. The van der Waals surface area contributed by atoms with Crippen molar-refractivity contribution in [2.24, 2.45) is 0 Å².